The number of carbonyl (C=O) groups excluding carboxylic acids is 2. The molecule has 1 atom stereocenters. The molecule has 1 aromatic carbocycles. The molecule has 1 aromatic heterocycles. The van der Waals surface area contributed by atoms with Gasteiger partial charge in [0.05, 0.1) is 29.2 Å². The van der Waals surface area contributed by atoms with E-state index in [-0.39, 0.29) is 17.9 Å². The number of aliphatic carboxylic acids is 1. The molecule has 1 amide bonds. The van der Waals surface area contributed by atoms with Gasteiger partial charge in [-0.1, -0.05) is 12.1 Å². The van der Waals surface area contributed by atoms with E-state index in [1.165, 1.54) is 22.7 Å². The summed E-state index contributed by atoms with van der Waals surface area (Å²) in [6, 6.07) is 6.09. The van der Waals surface area contributed by atoms with Gasteiger partial charge in [-0.25, -0.2) is 4.98 Å². The lowest BCUT2D eigenvalue weighted by molar-refractivity contribution is -0.308. The number of aryl methyl sites for hydroxylation is 1. The van der Waals surface area contributed by atoms with Gasteiger partial charge in [0.15, 0.2) is 0 Å². The van der Waals surface area contributed by atoms with Crippen molar-refractivity contribution in [1.29, 1.82) is 0 Å². The number of hydrogen-bond acceptors (Lipinski definition) is 6. The van der Waals surface area contributed by atoms with Gasteiger partial charge in [0, 0.05) is 13.0 Å². The number of nitrogens with zero attached hydrogens (tertiary/aromatic N) is 2. The first-order valence-corrected chi connectivity index (χ1v) is 9.35. The summed E-state index contributed by atoms with van der Waals surface area (Å²) in [4.78, 5) is 39.5. The number of thioether (sulfide) groups is 1. The van der Waals surface area contributed by atoms with Gasteiger partial charge >= 0.3 is 0 Å². The molecule has 0 aliphatic rings. The average molecular weight is 362 g/mol. The number of benzene rings is 1. The zero-order valence-electron chi connectivity index (χ0n) is 13.9. The third-order valence-electron chi connectivity index (χ3n) is 3.76. The van der Waals surface area contributed by atoms with Crippen LogP contribution in [-0.2, 0) is 16.1 Å². The van der Waals surface area contributed by atoms with Crippen molar-refractivity contribution in [3.8, 4) is 0 Å². The number of hydrogen-bond donors (Lipinski definition) is 1. The largest absolute Gasteiger partial charge is 0.548 e. The lowest BCUT2D eigenvalue weighted by atomic mass is 10.2. The van der Waals surface area contributed by atoms with E-state index in [9.17, 15) is 19.5 Å². The van der Waals surface area contributed by atoms with E-state index < -0.39 is 12.0 Å². The van der Waals surface area contributed by atoms with Gasteiger partial charge in [-0.2, -0.15) is 11.8 Å². The summed E-state index contributed by atoms with van der Waals surface area (Å²) in [5.41, 5.74) is 0.477. The van der Waals surface area contributed by atoms with Gasteiger partial charge in [0.1, 0.15) is 0 Å². The Morgan fingerprint density at radius 3 is 2.84 bits per heavy atom. The molecule has 0 saturated carbocycles. The number of rotatable bonds is 9. The van der Waals surface area contributed by atoms with Crippen molar-refractivity contribution in [1.82, 2.24) is 14.9 Å². The van der Waals surface area contributed by atoms with Crippen LogP contribution in [0.2, 0.25) is 0 Å². The van der Waals surface area contributed by atoms with Crippen molar-refractivity contribution in [2.45, 2.75) is 31.8 Å². The van der Waals surface area contributed by atoms with Gasteiger partial charge in [0.25, 0.3) is 5.56 Å². The standard InChI is InChI=1S/C17H21N3O4S/c1-25-10-8-14(17(23)24)19-15(21)7-4-9-20-11-18-13-6-3-2-5-12(13)16(20)22/h2-3,5-6,11,14H,4,7-10H2,1H3,(H,19,21)(H,23,24)/p-1/t14-/m0/s1. The molecule has 0 saturated heterocycles. The van der Waals surface area contributed by atoms with Crippen LogP contribution >= 0.6 is 11.8 Å². The second-order valence-corrected chi connectivity index (χ2v) is 6.57. The first kappa shape index (κ1) is 19.0. The highest BCUT2D eigenvalue weighted by atomic mass is 32.2. The molecule has 2 rings (SSSR count). The Bertz CT molecular complexity index is 806. The molecule has 2 aromatic rings. The van der Waals surface area contributed by atoms with E-state index in [1.807, 2.05) is 12.3 Å². The number of aromatic nitrogens is 2. The van der Waals surface area contributed by atoms with Crippen molar-refractivity contribution in [2.24, 2.45) is 0 Å². The third kappa shape index (κ3) is 5.32. The summed E-state index contributed by atoms with van der Waals surface area (Å²) in [6.07, 6.45) is 4.19. The Hall–Kier alpha value is -2.35. The highest BCUT2D eigenvalue weighted by Gasteiger charge is 2.13. The van der Waals surface area contributed by atoms with Gasteiger partial charge in [-0.3, -0.25) is 14.2 Å². The van der Waals surface area contributed by atoms with Crippen molar-refractivity contribution in [3.63, 3.8) is 0 Å². The first-order valence-electron chi connectivity index (χ1n) is 7.96. The molecule has 1 heterocycles. The van der Waals surface area contributed by atoms with Crippen molar-refractivity contribution in [3.05, 3.63) is 40.9 Å². The summed E-state index contributed by atoms with van der Waals surface area (Å²) in [5, 5.41) is 14.0. The Kier molecular flexibility index (Phi) is 7.00. The number of carboxylic acids is 1. The second-order valence-electron chi connectivity index (χ2n) is 5.58. The topological polar surface area (TPSA) is 104 Å². The fourth-order valence-electron chi connectivity index (χ4n) is 2.43. The second kappa shape index (κ2) is 9.22. The van der Waals surface area contributed by atoms with Gasteiger partial charge < -0.3 is 15.2 Å². The summed E-state index contributed by atoms with van der Waals surface area (Å²) in [7, 11) is 0. The summed E-state index contributed by atoms with van der Waals surface area (Å²) in [5.74, 6) is -1.02. The maximum absolute atomic E-state index is 12.3. The molecular weight excluding hydrogens is 342 g/mol. The van der Waals surface area contributed by atoms with E-state index >= 15 is 0 Å². The Morgan fingerprint density at radius 2 is 2.12 bits per heavy atom. The molecule has 0 fully saturated rings. The summed E-state index contributed by atoms with van der Waals surface area (Å²) in [6.45, 7) is 0.338. The van der Waals surface area contributed by atoms with Crippen LogP contribution in [0.4, 0.5) is 0 Å². The van der Waals surface area contributed by atoms with Crippen LogP contribution in [0, 0.1) is 0 Å². The van der Waals surface area contributed by atoms with Gasteiger partial charge in [-0.05, 0) is 37.0 Å². The van der Waals surface area contributed by atoms with Crippen LogP contribution < -0.4 is 16.0 Å². The van der Waals surface area contributed by atoms with Gasteiger partial charge in [0.2, 0.25) is 5.91 Å². The molecular formula is C17H20N3O4S-. The van der Waals surface area contributed by atoms with E-state index in [0.717, 1.165) is 0 Å². The molecule has 134 valence electrons. The molecule has 25 heavy (non-hydrogen) atoms. The minimum absolute atomic E-state index is 0.127. The Labute approximate surface area is 149 Å². The molecule has 0 unspecified atom stereocenters. The molecule has 0 aliphatic heterocycles. The molecule has 0 spiro atoms. The fraction of sp³-hybridized carbons (Fsp3) is 0.412. The summed E-state index contributed by atoms with van der Waals surface area (Å²) >= 11 is 1.50. The quantitative estimate of drug-likeness (QED) is 0.682. The van der Waals surface area contributed by atoms with E-state index in [4.69, 9.17) is 0 Å². The Morgan fingerprint density at radius 1 is 1.36 bits per heavy atom. The maximum Gasteiger partial charge on any atom is 0.261 e. The van der Waals surface area contributed by atoms with Crippen LogP contribution in [0.3, 0.4) is 0 Å². The van der Waals surface area contributed by atoms with Crippen molar-refractivity contribution >= 4 is 34.5 Å². The van der Waals surface area contributed by atoms with Crippen molar-refractivity contribution in [2.75, 3.05) is 12.0 Å². The van der Waals surface area contributed by atoms with E-state index in [2.05, 4.69) is 10.3 Å². The number of para-hydroxylation sites is 1. The predicted molar refractivity (Wildman–Crippen MR) is 95.2 cm³/mol. The third-order valence-corrected chi connectivity index (χ3v) is 4.41. The first-order chi connectivity index (χ1) is 12.0. The average Bonchev–Trinajstić information content (AvgIpc) is 2.60. The molecule has 8 heteroatoms. The van der Waals surface area contributed by atoms with Crippen LogP contribution in [0.1, 0.15) is 19.3 Å². The minimum Gasteiger partial charge on any atom is -0.548 e. The molecule has 0 bridgehead atoms. The van der Waals surface area contributed by atoms with Crippen LogP contribution in [0.25, 0.3) is 10.9 Å². The lowest BCUT2D eigenvalue weighted by Crippen LogP contribution is -2.48. The number of carbonyl (C=O) groups is 2. The molecule has 0 aliphatic carbocycles. The number of carboxylic acid groups (broad SMARTS) is 1. The van der Waals surface area contributed by atoms with Crippen LogP contribution in [0.5, 0.6) is 0 Å². The fourth-order valence-corrected chi connectivity index (χ4v) is 2.90. The minimum atomic E-state index is -1.28. The van der Waals surface area contributed by atoms with Gasteiger partial charge in [-0.15, -0.1) is 0 Å². The lowest BCUT2D eigenvalue weighted by Gasteiger charge is -2.19. The Balaban J connectivity index is 1.89. The van der Waals surface area contributed by atoms with E-state index in [1.54, 1.807) is 18.2 Å². The highest BCUT2D eigenvalue weighted by Crippen LogP contribution is 2.05. The normalized spacial score (nSPS) is 12.0. The van der Waals surface area contributed by atoms with Crippen molar-refractivity contribution < 1.29 is 14.7 Å². The molecule has 0 radical (unpaired) electrons. The SMILES string of the molecule is CSCC[C@H](NC(=O)CCCn1cnc2ccccc2c1=O)C(=O)[O-]. The summed E-state index contributed by atoms with van der Waals surface area (Å²) < 4.78 is 1.46. The van der Waals surface area contributed by atoms with Crippen LogP contribution in [-0.4, -0.2) is 39.5 Å². The molecule has 7 nitrogen and oxygen atoms in total. The monoisotopic (exact) mass is 362 g/mol. The zero-order chi connectivity index (χ0) is 18.2. The maximum atomic E-state index is 12.3. The number of nitrogens with one attached hydrogen (secondary N) is 1. The zero-order valence-corrected chi connectivity index (χ0v) is 14.8. The number of fused-ring (bicyclic) bond motifs is 1. The van der Waals surface area contributed by atoms with E-state index in [0.29, 0.717) is 36.0 Å². The van der Waals surface area contributed by atoms with Crippen LogP contribution in [0.15, 0.2) is 35.4 Å². The highest BCUT2D eigenvalue weighted by molar-refractivity contribution is 7.98. The molecule has 1 N–H and O–H groups in total. The predicted octanol–water partition coefficient (Wildman–Crippen LogP) is 0.165. The number of amides is 1. The smallest absolute Gasteiger partial charge is 0.261 e.